The van der Waals surface area contributed by atoms with Crippen LogP contribution in [0.3, 0.4) is 0 Å². The first-order valence-corrected chi connectivity index (χ1v) is 10.7. The fourth-order valence-electron chi connectivity index (χ4n) is 3.69. The third-order valence-corrected chi connectivity index (χ3v) is 5.53. The Kier molecular flexibility index (Phi) is 7.02. The highest BCUT2D eigenvalue weighted by atomic mass is 16.5. The summed E-state index contributed by atoms with van der Waals surface area (Å²) >= 11 is 0. The number of rotatable bonds is 8. The SMILES string of the molecule is O=C(NCc1ccc(CN2CCC(O)CC2)cc1)c1occc1COc1ccccc1. The van der Waals surface area contributed by atoms with Crippen LogP contribution >= 0.6 is 0 Å². The number of carbonyl (C=O) groups is 1. The van der Waals surface area contributed by atoms with Crippen molar-refractivity contribution in [2.24, 2.45) is 0 Å². The van der Waals surface area contributed by atoms with Crippen molar-refractivity contribution >= 4 is 5.91 Å². The van der Waals surface area contributed by atoms with Gasteiger partial charge in [-0.05, 0) is 42.2 Å². The molecule has 3 aromatic rings. The molecule has 0 unspecified atom stereocenters. The van der Waals surface area contributed by atoms with E-state index in [-0.39, 0.29) is 24.4 Å². The molecule has 0 radical (unpaired) electrons. The van der Waals surface area contributed by atoms with Crippen LogP contribution in [0.1, 0.15) is 40.1 Å². The van der Waals surface area contributed by atoms with E-state index in [4.69, 9.17) is 9.15 Å². The number of ether oxygens (including phenoxy) is 1. The van der Waals surface area contributed by atoms with E-state index < -0.39 is 0 Å². The molecule has 1 amide bonds. The van der Waals surface area contributed by atoms with Crippen LogP contribution in [0.25, 0.3) is 0 Å². The molecule has 0 aliphatic carbocycles. The van der Waals surface area contributed by atoms with Crippen molar-refractivity contribution in [1.29, 1.82) is 0 Å². The molecule has 1 fully saturated rings. The van der Waals surface area contributed by atoms with E-state index in [9.17, 15) is 9.90 Å². The summed E-state index contributed by atoms with van der Waals surface area (Å²) in [5.74, 6) is 0.767. The van der Waals surface area contributed by atoms with Gasteiger partial charge in [-0.15, -0.1) is 0 Å². The molecular formula is C25H28N2O4. The lowest BCUT2D eigenvalue weighted by Gasteiger charge is -2.29. The highest BCUT2D eigenvalue weighted by Crippen LogP contribution is 2.17. The Hall–Kier alpha value is -3.09. The molecule has 0 spiro atoms. The molecule has 6 nitrogen and oxygen atoms in total. The number of hydrogen-bond donors (Lipinski definition) is 2. The number of aliphatic hydroxyl groups is 1. The van der Waals surface area contributed by atoms with Crippen molar-refractivity contribution in [3.05, 3.63) is 89.4 Å². The topological polar surface area (TPSA) is 74.9 Å². The molecule has 0 atom stereocenters. The maximum atomic E-state index is 12.6. The zero-order valence-corrected chi connectivity index (χ0v) is 17.5. The second kappa shape index (κ2) is 10.3. The number of likely N-dealkylation sites (tertiary alicyclic amines) is 1. The predicted octanol–water partition coefficient (Wildman–Crippen LogP) is 3.75. The third-order valence-electron chi connectivity index (χ3n) is 5.53. The average molecular weight is 421 g/mol. The smallest absolute Gasteiger partial charge is 0.287 e. The number of piperidine rings is 1. The number of amides is 1. The van der Waals surface area contributed by atoms with Crippen LogP contribution in [-0.2, 0) is 19.7 Å². The largest absolute Gasteiger partial charge is 0.489 e. The Morgan fingerprint density at radius 2 is 1.74 bits per heavy atom. The monoisotopic (exact) mass is 420 g/mol. The number of hydrogen-bond acceptors (Lipinski definition) is 5. The van der Waals surface area contributed by atoms with E-state index in [1.807, 2.05) is 42.5 Å². The van der Waals surface area contributed by atoms with Gasteiger partial charge in [0.1, 0.15) is 12.4 Å². The molecule has 31 heavy (non-hydrogen) atoms. The highest BCUT2D eigenvalue weighted by Gasteiger charge is 2.17. The van der Waals surface area contributed by atoms with Crippen LogP contribution in [0.15, 0.2) is 71.3 Å². The number of aliphatic hydroxyl groups excluding tert-OH is 1. The lowest BCUT2D eigenvalue weighted by atomic mass is 10.1. The number of carbonyl (C=O) groups excluding carboxylic acids is 1. The maximum absolute atomic E-state index is 12.6. The second-order valence-electron chi connectivity index (χ2n) is 7.88. The van der Waals surface area contributed by atoms with Crippen LogP contribution in [-0.4, -0.2) is 35.1 Å². The first-order valence-electron chi connectivity index (χ1n) is 10.7. The molecule has 1 aliphatic rings. The van der Waals surface area contributed by atoms with Gasteiger partial charge in [-0.1, -0.05) is 42.5 Å². The molecule has 162 valence electrons. The Morgan fingerprint density at radius 3 is 2.48 bits per heavy atom. The van der Waals surface area contributed by atoms with Gasteiger partial charge in [0.15, 0.2) is 5.76 Å². The minimum Gasteiger partial charge on any atom is -0.489 e. The van der Waals surface area contributed by atoms with E-state index in [1.54, 1.807) is 6.07 Å². The molecule has 0 saturated carbocycles. The van der Waals surface area contributed by atoms with Crippen molar-refractivity contribution in [1.82, 2.24) is 10.2 Å². The summed E-state index contributed by atoms with van der Waals surface area (Å²) in [7, 11) is 0. The summed E-state index contributed by atoms with van der Waals surface area (Å²) in [6, 6.07) is 19.5. The van der Waals surface area contributed by atoms with Gasteiger partial charge in [-0.25, -0.2) is 0 Å². The average Bonchev–Trinajstić information content (AvgIpc) is 3.28. The number of benzene rings is 2. The molecule has 1 saturated heterocycles. The standard InChI is InChI=1S/C25H28N2O4/c28-22-10-13-27(14-11-22)17-20-8-6-19(7-9-20)16-26-25(29)24-21(12-15-30-24)18-31-23-4-2-1-3-5-23/h1-9,12,15,22,28H,10-11,13-14,16-18H2,(H,26,29). The van der Waals surface area contributed by atoms with Crippen LogP contribution < -0.4 is 10.1 Å². The lowest BCUT2D eigenvalue weighted by molar-refractivity contribution is 0.0792. The third kappa shape index (κ3) is 5.96. The molecule has 0 bridgehead atoms. The van der Waals surface area contributed by atoms with Gasteiger partial charge in [-0.2, -0.15) is 0 Å². The zero-order valence-electron chi connectivity index (χ0n) is 17.5. The summed E-state index contributed by atoms with van der Waals surface area (Å²) in [6.07, 6.45) is 3.04. The number of nitrogens with zero attached hydrogens (tertiary/aromatic N) is 1. The van der Waals surface area contributed by atoms with Gasteiger partial charge in [0, 0.05) is 31.7 Å². The number of para-hydroxylation sites is 1. The van der Waals surface area contributed by atoms with E-state index >= 15 is 0 Å². The lowest BCUT2D eigenvalue weighted by Crippen LogP contribution is -2.35. The molecule has 4 rings (SSSR count). The van der Waals surface area contributed by atoms with E-state index in [1.165, 1.54) is 11.8 Å². The zero-order chi connectivity index (χ0) is 21.5. The van der Waals surface area contributed by atoms with Crippen molar-refractivity contribution in [2.45, 2.75) is 38.6 Å². The van der Waals surface area contributed by atoms with Crippen molar-refractivity contribution in [3.63, 3.8) is 0 Å². The molecule has 2 heterocycles. The van der Waals surface area contributed by atoms with Gasteiger partial charge in [-0.3, -0.25) is 9.69 Å². The van der Waals surface area contributed by atoms with Crippen LogP contribution in [0.4, 0.5) is 0 Å². The van der Waals surface area contributed by atoms with Crippen molar-refractivity contribution in [3.8, 4) is 5.75 Å². The molecule has 2 aromatic carbocycles. The first kappa shape index (κ1) is 21.2. The van der Waals surface area contributed by atoms with Crippen molar-refractivity contribution < 1.29 is 19.1 Å². The Balaban J connectivity index is 1.26. The normalized spacial score (nSPS) is 15.0. The summed E-state index contributed by atoms with van der Waals surface area (Å²) in [6.45, 7) is 3.44. The van der Waals surface area contributed by atoms with Gasteiger partial charge in [0.25, 0.3) is 5.91 Å². The first-order chi connectivity index (χ1) is 15.2. The number of nitrogens with one attached hydrogen (secondary N) is 1. The molecule has 1 aromatic heterocycles. The summed E-state index contributed by atoms with van der Waals surface area (Å²) < 4.78 is 11.1. The number of furan rings is 1. The van der Waals surface area contributed by atoms with Crippen LogP contribution in [0, 0.1) is 0 Å². The fraction of sp³-hybridized carbons (Fsp3) is 0.320. The van der Waals surface area contributed by atoms with Crippen molar-refractivity contribution in [2.75, 3.05) is 13.1 Å². The summed E-state index contributed by atoms with van der Waals surface area (Å²) in [4.78, 5) is 14.9. The molecule has 6 heteroatoms. The Labute approximate surface area is 182 Å². The van der Waals surface area contributed by atoms with E-state index in [2.05, 4.69) is 22.3 Å². The molecule has 2 N–H and O–H groups in total. The Morgan fingerprint density at radius 1 is 1.03 bits per heavy atom. The Bertz CT molecular complexity index is 961. The predicted molar refractivity (Wildman–Crippen MR) is 118 cm³/mol. The maximum Gasteiger partial charge on any atom is 0.287 e. The van der Waals surface area contributed by atoms with E-state index in [0.29, 0.717) is 12.1 Å². The quantitative estimate of drug-likeness (QED) is 0.581. The summed E-state index contributed by atoms with van der Waals surface area (Å²) in [5.41, 5.74) is 2.97. The fourth-order valence-corrected chi connectivity index (χ4v) is 3.69. The summed E-state index contributed by atoms with van der Waals surface area (Å²) in [5, 5.41) is 12.5. The van der Waals surface area contributed by atoms with Crippen LogP contribution in [0.2, 0.25) is 0 Å². The van der Waals surface area contributed by atoms with Gasteiger partial charge in [0.05, 0.1) is 12.4 Å². The second-order valence-corrected chi connectivity index (χ2v) is 7.88. The van der Waals surface area contributed by atoms with Gasteiger partial charge in [0.2, 0.25) is 0 Å². The van der Waals surface area contributed by atoms with Gasteiger partial charge < -0.3 is 19.6 Å². The molecule has 1 aliphatic heterocycles. The highest BCUT2D eigenvalue weighted by molar-refractivity contribution is 5.92. The van der Waals surface area contributed by atoms with E-state index in [0.717, 1.165) is 43.8 Å². The molecular weight excluding hydrogens is 392 g/mol. The van der Waals surface area contributed by atoms with Crippen LogP contribution in [0.5, 0.6) is 5.75 Å². The minimum absolute atomic E-state index is 0.151. The minimum atomic E-state index is -0.257. The van der Waals surface area contributed by atoms with Gasteiger partial charge >= 0.3 is 0 Å².